The molecule has 0 aliphatic heterocycles. The Bertz CT molecular complexity index is 903. The molecule has 2 aromatic heterocycles. The van der Waals surface area contributed by atoms with E-state index in [9.17, 15) is 9.59 Å². The first kappa shape index (κ1) is 15.9. The van der Waals surface area contributed by atoms with E-state index < -0.39 is 6.04 Å². The normalized spacial score (nSPS) is 11.9. The summed E-state index contributed by atoms with van der Waals surface area (Å²) in [7, 11) is 0. The number of nitrogens with zero attached hydrogens (tertiary/aromatic N) is 4. The van der Waals surface area contributed by atoms with Gasteiger partial charge in [0.1, 0.15) is 6.04 Å². The molecule has 0 saturated heterocycles. The van der Waals surface area contributed by atoms with Gasteiger partial charge in [0.05, 0.1) is 0 Å². The van der Waals surface area contributed by atoms with Crippen LogP contribution in [0, 0.1) is 0 Å². The average molecular weight is 344 g/mol. The fraction of sp³-hybridized carbons (Fsp3) is 0.125. The fourth-order valence-electron chi connectivity index (χ4n) is 2.11. The van der Waals surface area contributed by atoms with Crippen molar-refractivity contribution in [3.63, 3.8) is 0 Å². The number of benzene rings is 1. The molecule has 1 aromatic carbocycles. The largest absolute Gasteiger partial charge is 0.324 e. The van der Waals surface area contributed by atoms with Crippen molar-refractivity contribution in [2.24, 2.45) is 0 Å². The molecule has 0 aliphatic rings. The van der Waals surface area contributed by atoms with Crippen molar-refractivity contribution < 1.29 is 4.79 Å². The van der Waals surface area contributed by atoms with Crippen molar-refractivity contribution >= 4 is 23.2 Å². The smallest absolute Gasteiger partial charge is 0.267 e. The van der Waals surface area contributed by atoms with E-state index in [1.807, 2.05) is 0 Å². The van der Waals surface area contributed by atoms with Crippen LogP contribution in [0.15, 0.2) is 59.7 Å². The van der Waals surface area contributed by atoms with Crippen LogP contribution in [0.4, 0.5) is 5.69 Å². The molecule has 0 fully saturated rings. The number of anilines is 1. The van der Waals surface area contributed by atoms with Gasteiger partial charge >= 0.3 is 0 Å². The Balaban J connectivity index is 1.84. The molecule has 1 N–H and O–H groups in total. The summed E-state index contributed by atoms with van der Waals surface area (Å²) >= 11 is 5.82. The quantitative estimate of drug-likeness (QED) is 0.788. The third-order valence-corrected chi connectivity index (χ3v) is 3.66. The van der Waals surface area contributed by atoms with Gasteiger partial charge in [-0.25, -0.2) is 9.36 Å². The topological polar surface area (TPSA) is 81.8 Å². The molecule has 0 radical (unpaired) electrons. The van der Waals surface area contributed by atoms with Gasteiger partial charge in [-0.05, 0) is 43.3 Å². The lowest BCUT2D eigenvalue weighted by molar-refractivity contribution is -0.119. The van der Waals surface area contributed by atoms with E-state index in [1.54, 1.807) is 55.7 Å². The van der Waals surface area contributed by atoms with Crippen LogP contribution < -0.4 is 10.9 Å². The van der Waals surface area contributed by atoms with E-state index in [0.29, 0.717) is 16.5 Å². The molecule has 3 rings (SSSR count). The Morgan fingerprint density at radius 1 is 1.21 bits per heavy atom. The van der Waals surface area contributed by atoms with Crippen molar-refractivity contribution in [2.45, 2.75) is 13.0 Å². The van der Waals surface area contributed by atoms with Crippen LogP contribution in [0.3, 0.4) is 0 Å². The van der Waals surface area contributed by atoms with Gasteiger partial charge in [-0.1, -0.05) is 11.6 Å². The van der Waals surface area contributed by atoms with Crippen molar-refractivity contribution in [1.29, 1.82) is 0 Å². The molecular weight excluding hydrogens is 330 g/mol. The molecule has 122 valence electrons. The zero-order chi connectivity index (χ0) is 17.1. The van der Waals surface area contributed by atoms with Gasteiger partial charge in [0.15, 0.2) is 5.82 Å². The van der Waals surface area contributed by atoms with E-state index in [-0.39, 0.29) is 11.5 Å². The molecule has 2 heterocycles. The zero-order valence-corrected chi connectivity index (χ0v) is 13.5. The molecule has 0 aliphatic carbocycles. The SMILES string of the molecule is CC(C(=O)Nc1ccc(Cl)cc1)n1nc(-n2cccn2)ccc1=O. The maximum atomic E-state index is 12.4. The van der Waals surface area contributed by atoms with E-state index in [2.05, 4.69) is 15.5 Å². The number of hydrogen-bond donors (Lipinski definition) is 1. The number of carbonyl (C=O) groups is 1. The second kappa shape index (κ2) is 6.67. The lowest BCUT2D eigenvalue weighted by Gasteiger charge is -2.15. The van der Waals surface area contributed by atoms with Crippen molar-refractivity contribution in [1.82, 2.24) is 19.6 Å². The number of nitrogens with one attached hydrogen (secondary N) is 1. The molecule has 0 spiro atoms. The van der Waals surface area contributed by atoms with E-state index in [0.717, 1.165) is 4.68 Å². The van der Waals surface area contributed by atoms with Crippen molar-refractivity contribution in [3.8, 4) is 5.82 Å². The van der Waals surface area contributed by atoms with Crippen LogP contribution >= 0.6 is 11.6 Å². The number of amides is 1. The summed E-state index contributed by atoms with van der Waals surface area (Å²) in [6, 6.07) is 10.6. The predicted molar refractivity (Wildman–Crippen MR) is 90.4 cm³/mol. The molecule has 1 unspecified atom stereocenters. The van der Waals surface area contributed by atoms with Crippen LogP contribution in [0.25, 0.3) is 5.82 Å². The van der Waals surface area contributed by atoms with Crippen LogP contribution in [0.5, 0.6) is 0 Å². The average Bonchev–Trinajstić information content (AvgIpc) is 3.11. The van der Waals surface area contributed by atoms with Gasteiger partial charge in [-0.15, -0.1) is 5.10 Å². The van der Waals surface area contributed by atoms with Crippen LogP contribution in [0.2, 0.25) is 5.02 Å². The van der Waals surface area contributed by atoms with Gasteiger partial charge < -0.3 is 5.32 Å². The first-order valence-electron chi connectivity index (χ1n) is 7.21. The van der Waals surface area contributed by atoms with Gasteiger partial charge in [0.2, 0.25) is 5.91 Å². The maximum absolute atomic E-state index is 12.4. The zero-order valence-electron chi connectivity index (χ0n) is 12.8. The minimum absolute atomic E-state index is 0.357. The third kappa shape index (κ3) is 3.36. The van der Waals surface area contributed by atoms with Gasteiger partial charge in [-0.3, -0.25) is 9.59 Å². The lowest BCUT2D eigenvalue weighted by atomic mass is 10.2. The predicted octanol–water partition coefficient (Wildman–Crippen LogP) is 2.28. The number of rotatable bonds is 4. The molecule has 8 heteroatoms. The Morgan fingerprint density at radius 3 is 2.62 bits per heavy atom. The minimum atomic E-state index is -0.788. The van der Waals surface area contributed by atoms with Crippen LogP contribution in [0.1, 0.15) is 13.0 Å². The number of halogens is 1. The Hall–Kier alpha value is -2.93. The number of carbonyl (C=O) groups excluding carboxylic acids is 1. The van der Waals surface area contributed by atoms with Crippen LogP contribution in [-0.2, 0) is 4.79 Å². The molecule has 0 saturated carbocycles. The highest BCUT2D eigenvalue weighted by Crippen LogP contribution is 2.15. The highest BCUT2D eigenvalue weighted by Gasteiger charge is 2.18. The summed E-state index contributed by atoms with van der Waals surface area (Å²) in [5, 5.41) is 11.6. The van der Waals surface area contributed by atoms with Gasteiger partial charge in [0, 0.05) is 29.2 Å². The molecule has 7 nitrogen and oxygen atoms in total. The molecular formula is C16H14ClN5O2. The second-order valence-corrected chi connectivity index (χ2v) is 5.53. The molecule has 24 heavy (non-hydrogen) atoms. The number of aromatic nitrogens is 4. The Morgan fingerprint density at radius 2 is 1.96 bits per heavy atom. The lowest BCUT2D eigenvalue weighted by Crippen LogP contribution is -2.33. The molecule has 3 aromatic rings. The Kier molecular flexibility index (Phi) is 4.43. The van der Waals surface area contributed by atoms with Gasteiger partial charge in [0.25, 0.3) is 5.56 Å². The standard InChI is InChI=1S/C16H14ClN5O2/c1-11(16(24)19-13-5-3-12(17)4-6-13)22-15(23)8-7-14(20-22)21-10-2-9-18-21/h2-11H,1H3,(H,19,24). The van der Waals surface area contributed by atoms with Crippen molar-refractivity contribution in [3.05, 3.63) is 70.2 Å². The summed E-state index contributed by atoms with van der Waals surface area (Å²) in [4.78, 5) is 24.4. The van der Waals surface area contributed by atoms with Crippen LogP contribution in [-0.4, -0.2) is 25.5 Å². The highest BCUT2D eigenvalue weighted by molar-refractivity contribution is 6.30. The Labute approximate surface area is 142 Å². The summed E-state index contributed by atoms with van der Waals surface area (Å²) in [5.74, 6) is 0.0929. The molecule has 0 bridgehead atoms. The first-order valence-corrected chi connectivity index (χ1v) is 7.59. The fourth-order valence-corrected chi connectivity index (χ4v) is 2.24. The first-order chi connectivity index (χ1) is 11.5. The summed E-state index contributed by atoms with van der Waals surface area (Å²) in [6.45, 7) is 1.60. The van der Waals surface area contributed by atoms with Gasteiger partial charge in [-0.2, -0.15) is 5.10 Å². The van der Waals surface area contributed by atoms with E-state index in [4.69, 9.17) is 11.6 Å². The maximum Gasteiger partial charge on any atom is 0.267 e. The highest BCUT2D eigenvalue weighted by atomic mass is 35.5. The van der Waals surface area contributed by atoms with E-state index in [1.165, 1.54) is 10.7 Å². The third-order valence-electron chi connectivity index (χ3n) is 3.41. The monoisotopic (exact) mass is 343 g/mol. The summed E-state index contributed by atoms with van der Waals surface area (Å²) in [6.07, 6.45) is 3.31. The second-order valence-electron chi connectivity index (χ2n) is 5.10. The van der Waals surface area contributed by atoms with Crippen molar-refractivity contribution in [2.75, 3.05) is 5.32 Å². The molecule has 1 amide bonds. The summed E-state index contributed by atoms with van der Waals surface area (Å²) < 4.78 is 2.64. The minimum Gasteiger partial charge on any atom is -0.324 e. The summed E-state index contributed by atoms with van der Waals surface area (Å²) in [5.41, 5.74) is 0.220. The molecule has 1 atom stereocenters. The number of hydrogen-bond acceptors (Lipinski definition) is 4. The van der Waals surface area contributed by atoms with E-state index >= 15 is 0 Å².